The van der Waals surface area contributed by atoms with Crippen LogP contribution in [0.2, 0.25) is 0 Å². The summed E-state index contributed by atoms with van der Waals surface area (Å²) in [5, 5.41) is 0. The van der Waals surface area contributed by atoms with Crippen LogP contribution in [0, 0.1) is 0 Å². The predicted molar refractivity (Wildman–Crippen MR) is 23.5 cm³/mol. The Labute approximate surface area is 57.8 Å². The van der Waals surface area contributed by atoms with Gasteiger partial charge >= 0.3 is 57.5 Å². The molecule has 2 unspecified atom stereocenters. The second-order valence-corrected chi connectivity index (χ2v) is 5.67. The van der Waals surface area contributed by atoms with Gasteiger partial charge in [-0.3, -0.25) is 0 Å². The van der Waals surface area contributed by atoms with E-state index >= 15 is 0 Å². The van der Waals surface area contributed by atoms with Gasteiger partial charge in [-0.15, -0.1) is 0 Å². The average molecular weight is 228 g/mol. The first-order valence-electron chi connectivity index (χ1n) is 2.28. The van der Waals surface area contributed by atoms with Crippen LogP contribution < -0.4 is 27.1 Å². The Bertz CT molecular complexity index is 117. The van der Waals surface area contributed by atoms with Crippen molar-refractivity contribution in [2.24, 2.45) is 5.90 Å². The first kappa shape index (κ1) is 6.28. The van der Waals surface area contributed by atoms with Gasteiger partial charge in [0.15, 0.2) is 0 Å². The molecule has 0 aromatic carbocycles. The van der Waals surface area contributed by atoms with Gasteiger partial charge in [0.1, 0.15) is 0 Å². The molecule has 1 aliphatic rings. The molecule has 0 saturated carbocycles. The number of nitrogens with two attached hydrogens (primary N) is 1. The fourth-order valence-electron chi connectivity index (χ4n) is 0.476. The van der Waals surface area contributed by atoms with E-state index in [1.54, 1.807) is 0 Å². The van der Waals surface area contributed by atoms with Gasteiger partial charge in [0.05, 0.1) is 0 Å². The van der Waals surface area contributed by atoms with Gasteiger partial charge in [-0.05, 0) is 0 Å². The van der Waals surface area contributed by atoms with E-state index in [2.05, 4.69) is 17.7 Å². The molecular weight excluding hydrogens is 221 g/mol. The van der Waals surface area contributed by atoms with Crippen LogP contribution in [-0.4, -0.2) is 13.8 Å². The second-order valence-electron chi connectivity index (χ2n) is 1.64. The fourth-order valence-corrected chi connectivity index (χ4v) is 2.19. The van der Waals surface area contributed by atoms with Gasteiger partial charge in [-0.25, -0.2) is 0 Å². The van der Waals surface area contributed by atoms with Crippen LogP contribution in [0.25, 0.3) is 0 Å². The van der Waals surface area contributed by atoms with Gasteiger partial charge in [-0.1, -0.05) is 0 Å². The average Bonchev–Trinajstić information content (AvgIpc) is 2.45. The van der Waals surface area contributed by atoms with Crippen molar-refractivity contribution in [3.8, 4) is 0 Å². The standard InChI is InChI=1S/C4H7INO2/c1-2-3(5-2)4(7)8-6/h2-3H,6H2,1H3/q-1. The molecule has 1 heterocycles. The van der Waals surface area contributed by atoms with Crippen LogP contribution in [-0.2, 0) is 9.63 Å². The van der Waals surface area contributed by atoms with Crippen LogP contribution in [0.5, 0.6) is 0 Å². The van der Waals surface area contributed by atoms with E-state index < -0.39 is 0 Å². The van der Waals surface area contributed by atoms with Gasteiger partial charge < -0.3 is 0 Å². The maximum absolute atomic E-state index is 10.5. The minimum atomic E-state index is -0.217. The molecule has 0 radical (unpaired) electrons. The van der Waals surface area contributed by atoms with Crippen LogP contribution in [0.3, 0.4) is 0 Å². The summed E-state index contributed by atoms with van der Waals surface area (Å²) in [7, 11) is 0. The Morgan fingerprint density at radius 1 is 1.88 bits per heavy atom. The van der Waals surface area contributed by atoms with Crippen molar-refractivity contribution in [1.29, 1.82) is 0 Å². The van der Waals surface area contributed by atoms with Crippen molar-refractivity contribution >= 4 is 5.97 Å². The summed E-state index contributed by atoms with van der Waals surface area (Å²) in [5.74, 6) is 4.43. The molecule has 1 rings (SSSR count). The second kappa shape index (κ2) is 2.18. The van der Waals surface area contributed by atoms with Gasteiger partial charge in [-0.2, -0.15) is 0 Å². The van der Waals surface area contributed by atoms with Crippen molar-refractivity contribution < 1.29 is 30.8 Å². The molecule has 1 fully saturated rings. The van der Waals surface area contributed by atoms with Crippen LogP contribution in [0.4, 0.5) is 0 Å². The van der Waals surface area contributed by atoms with Crippen LogP contribution in [0.15, 0.2) is 0 Å². The number of halogens is 1. The summed E-state index contributed by atoms with van der Waals surface area (Å²) < 4.78 is 0.809. The summed E-state index contributed by atoms with van der Waals surface area (Å²) in [4.78, 5) is 14.5. The van der Waals surface area contributed by atoms with E-state index in [9.17, 15) is 4.79 Å². The first-order chi connectivity index (χ1) is 3.75. The molecule has 2 N–H and O–H groups in total. The number of alkyl halides is 2. The third-order valence-electron chi connectivity index (χ3n) is 1.01. The van der Waals surface area contributed by atoms with E-state index in [1.807, 2.05) is 0 Å². The van der Waals surface area contributed by atoms with E-state index in [4.69, 9.17) is 0 Å². The predicted octanol–water partition coefficient (Wildman–Crippen LogP) is -3.74. The van der Waals surface area contributed by atoms with E-state index in [1.165, 1.54) is 0 Å². The molecule has 8 heavy (non-hydrogen) atoms. The minimum absolute atomic E-state index is 0.110. The fraction of sp³-hybridized carbons (Fsp3) is 0.750. The number of carbonyl (C=O) groups excluding carboxylic acids is 1. The molecule has 0 bridgehead atoms. The molecule has 3 nitrogen and oxygen atoms in total. The molecule has 1 saturated heterocycles. The van der Waals surface area contributed by atoms with Crippen LogP contribution in [0.1, 0.15) is 6.92 Å². The topological polar surface area (TPSA) is 52.3 Å². The summed E-state index contributed by atoms with van der Waals surface area (Å²) in [5.41, 5.74) is 0. The Balaban J connectivity index is 2.28. The van der Waals surface area contributed by atoms with Crippen LogP contribution >= 0.6 is 0 Å². The zero-order valence-electron chi connectivity index (χ0n) is 4.43. The number of rotatable bonds is 1. The molecule has 4 heteroatoms. The van der Waals surface area contributed by atoms with Gasteiger partial charge in [0.2, 0.25) is 0 Å². The van der Waals surface area contributed by atoms with Gasteiger partial charge in [0.25, 0.3) is 0 Å². The quantitative estimate of drug-likeness (QED) is 0.285. The van der Waals surface area contributed by atoms with Crippen molar-refractivity contribution in [2.75, 3.05) is 0 Å². The normalized spacial score (nSPS) is 35.2. The van der Waals surface area contributed by atoms with Gasteiger partial charge in [0, 0.05) is 0 Å². The number of carbonyl (C=O) groups is 1. The number of hydrogen-bond acceptors (Lipinski definition) is 3. The third kappa shape index (κ3) is 1.11. The summed E-state index contributed by atoms with van der Waals surface area (Å²) in [6, 6.07) is 0. The first-order valence-corrected chi connectivity index (χ1v) is 4.77. The Hall–Kier alpha value is 0.160. The molecule has 0 aromatic rings. The summed E-state index contributed by atoms with van der Waals surface area (Å²) in [6.07, 6.45) is 0. The molecule has 0 amide bonds. The molecule has 0 spiro atoms. The Kier molecular flexibility index (Phi) is 1.71. The monoisotopic (exact) mass is 228 g/mol. The maximum atomic E-state index is 10.5. The summed E-state index contributed by atoms with van der Waals surface area (Å²) >= 11 is 0.110. The molecular formula is C4H7INO2-. The van der Waals surface area contributed by atoms with E-state index in [-0.39, 0.29) is 31.1 Å². The Morgan fingerprint density at radius 2 is 2.38 bits per heavy atom. The van der Waals surface area contributed by atoms with Crippen molar-refractivity contribution in [3.63, 3.8) is 0 Å². The van der Waals surface area contributed by atoms with Crippen molar-refractivity contribution in [1.82, 2.24) is 0 Å². The van der Waals surface area contributed by atoms with E-state index in [0.717, 1.165) is 0 Å². The molecule has 0 aliphatic carbocycles. The zero-order valence-corrected chi connectivity index (χ0v) is 6.58. The summed E-state index contributed by atoms with van der Waals surface area (Å²) in [6.45, 7) is 2.05. The van der Waals surface area contributed by atoms with Crippen molar-refractivity contribution in [3.05, 3.63) is 0 Å². The molecule has 2 atom stereocenters. The molecule has 1 aliphatic heterocycles. The zero-order chi connectivity index (χ0) is 6.15. The SMILES string of the molecule is CC1[I-]C1C(=O)ON. The molecule has 0 aromatic heterocycles. The van der Waals surface area contributed by atoms with Crippen molar-refractivity contribution in [2.45, 2.75) is 14.8 Å². The van der Waals surface area contributed by atoms with E-state index in [0.29, 0.717) is 3.92 Å². The third-order valence-corrected chi connectivity index (χ3v) is 4.40. The molecule has 48 valence electrons. The number of hydrogen-bond donors (Lipinski definition) is 1. The Morgan fingerprint density at radius 3 is 2.50 bits per heavy atom.